The van der Waals surface area contributed by atoms with E-state index in [1.54, 1.807) is 6.20 Å². The van der Waals surface area contributed by atoms with E-state index in [0.717, 1.165) is 24.3 Å². The van der Waals surface area contributed by atoms with Gasteiger partial charge in [0.2, 0.25) is 0 Å². The summed E-state index contributed by atoms with van der Waals surface area (Å²) in [6.07, 6.45) is 7.50. The molecular formula is C14H21N3O. The second-order valence-corrected chi connectivity index (χ2v) is 5.29. The largest absolute Gasteiger partial charge is 0.392 e. The molecule has 1 N–H and O–H groups in total. The molecule has 0 aliphatic carbocycles. The zero-order valence-corrected chi connectivity index (χ0v) is 10.8. The number of nitrogens with zero attached hydrogens (tertiary/aromatic N) is 3. The third-order valence-electron chi connectivity index (χ3n) is 4.20. The van der Waals surface area contributed by atoms with Gasteiger partial charge in [0.05, 0.1) is 18.5 Å². The molecule has 98 valence electrons. The Hall–Kier alpha value is -1.13. The number of hydrogen-bond acceptors (Lipinski definition) is 4. The second-order valence-electron chi connectivity index (χ2n) is 5.29. The molecule has 4 nitrogen and oxygen atoms in total. The average molecular weight is 247 g/mol. The first-order valence-electron chi connectivity index (χ1n) is 6.91. The predicted molar refractivity (Wildman–Crippen MR) is 71.6 cm³/mol. The van der Waals surface area contributed by atoms with Gasteiger partial charge in [-0.05, 0) is 31.9 Å². The van der Waals surface area contributed by atoms with Crippen molar-refractivity contribution in [2.45, 2.75) is 31.9 Å². The number of fused-ring (bicyclic) bond motifs is 1. The number of aromatic nitrogens is 1. The van der Waals surface area contributed by atoms with Gasteiger partial charge in [0.25, 0.3) is 0 Å². The average Bonchev–Trinajstić information content (AvgIpc) is 2.76. The quantitative estimate of drug-likeness (QED) is 0.854. The van der Waals surface area contributed by atoms with Crippen molar-refractivity contribution in [3.63, 3.8) is 0 Å². The van der Waals surface area contributed by atoms with E-state index in [0.29, 0.717) is 6.04 Å². The summed E-state index contributed by atoms with van der Waals surface area (Å²) in [4.78, 5) is 9.25. The van der Waals surface area contributed by atoms with E-state index in [-0.39, 0.29) is 6.61 Å². The molecule has 2 aliphatic heterocycles. The maximum Gasteiger partial charge on any atom is 0.0703 e. The highest BCUT2D eigenvalue weighted by Gasteiger charge is 2.29. The number of pyridine rings is 1. The highest BCUT2D eigenvalue weighted by atomic mass is 16.3. The Morgan fingerprint density at radius 3 is 3.06 bits per heavy atom. The van der Waals surface area contributed by atoms with Crippen LogP contribution in [0.15, 0.2) is 18.5 Å². The molecule has 0 bridgehead atoms. The van der Waals surface area contributed by atoms with E-state index < -0.39 is 0 Å². The fourth-order valence-electron chi connectivity index (χ4n) is 3.26. The standard InChI is InChI=1S/C14H21N3O/c18-11-12-4-5-15-9-14(12)17-8-2-7-16-6-1-3-13(16)10-17/h4-5,9,13,18H,1-3,6-8,10-11H2. The molecule has 0 radical (unpaired) electrons. The Bertz CT molecular complexity index is 410. The van der Waals surface area contributed by atoms with Crippen LogP contribution >= 0.6 is 0 Å². The summed E-state index contributed by atoms with van der Waals surface area (Å²) in [6.45, 7) is 4.74. The summed E-state index contributed by atoms with van der Waals surface area (Å²) in [5, 5.41) is 9.44. The van der Waals surface area contributed by atoms with E-state index in [2.05, 4.69) is 14.8 Å². The van der Waals surface area contributed by atoms with Gasteiger partial charge in [-0.3, -0.25) is 9.88 Å². The van der Waals surface area contributed by atoms with E-state index in [1.807, 2.05) is 12.3 Å². The molecule has 2 saturated heterocycles. The van der Waals surface area contributed by atoms with Crippen LogP contribution in [0.25, 0.3) is 0 Å². The van der Waals surface area contributed by atoms with Gasteiger partial charge in [0.15, 0.2) is 0 Å². The fourth-order valence-corrected chi connectivity index (χ4v) is 3.26. The third-order valence-corrected chi connectivity index (χ3v) is 4.20. The van der Waals surface area contributed by atoms with Crippen molar-refractivity contribution in [2.75, 3.05) is 31.1 Å². The minimum Gasteiger partial charge on any atom is -0.392 e. The predicted octanol–water partition coefficient (Wildman–Crippen LogP) is 1.25. The SMILES string of the molecule is OCc1ccncc1N1CCCN2CCCC2C1. The highest BCUT2D eigenvalue weighted by molar-refractivity contribution is 5.51. The topological polar surface area (TPSA) is 39.6 Å². The Kier molecular flexibility index (Phi) is 3.48. The van der Waals surface area contributed by atoms with E-state index in [4.69, 9.17) is 0 Å². The van der Waals surface area contributed by atoms with Crippen LogP contribution in [0.5, 0.6) is 0 Å². The van der Waals surface area contributed by atoms with Gasteiger partial charge in [-0.15, -0.1) is 0 Å². The van der Waals surface area contributed by atoms with Crippen LogP contribution in [0.3, 0.4) is 0 Å². The molecule has 1 aromatic rings. The normalized spacial score (nSPS) is 24.9. The fraction of sp³-hybridized carbons (Fsp3) is 0.643. The Morgan fingerprint density at radius 1 is 1.28 bits per heavy atom. The number of anilines is 1. The van der Waals surface area contributed by atoms with Crippen molar-refractivity contribution in [3.05, 3.63) is 24.0 Å². The number of aliphatic hydroxyl groups is 1. The van der Waals surface area contributed by atoms with Crippen molar-refractivity contribution >= 4 is 5.69 Å². The van der Waals surface area contributed by atoms with E-state index in [9.17, 15) is 5.11 Å². The van der Waals surface area contributed by atoms with Crippen LogP contribution in [0, 0.1) is 0 Å². The molecule has 2 aliphatic rings. The van der Waals surface area contributed by atoms with Gasteiger partial charge in [0.1, 0.15) is 0 Å². The molecule has 0 amide bonds. The molecule has 1 atom stereocenters. The van der Waals surface area contributed by atoms with Crippen LogP contribution in [0.2, 0.25) is 0 Å². The lowest BCUT2D eigenvalue weighted by Gasteiger charge is -2.28. The number of rotatable bonds is 2. The van der Waals surface area contributed by atoms with Crippen molar-refractivity contribution in [3.8, 4) is 0 Å². The molecule has 3 rings (SSSR count). The molecule has 1 aromatic heterocycles. The van der Waals surface area contributed by atoms with Gasteiger partial charge < -0.3 is 10.0 Å². The second kappa shape index (κ2) is 5.24. The molecule has 0 spiro atoms. The monoisotopic (exact) mass is 247 g/mol. The molecule has 4 heteroatoms. The van der Waals surface area contributed by atoms with Crippen LogP contribution in [-0.2, 0) is 6.61 Å². The molecule has 2 fully saturated rings. The summed E-state index contributed by atoms with van der Waals surface area (Å²) >= 11 is 0. The number of hydrogen-bond donors (Lipinski definition) is 1. The molecule has 3 heterocycles. The van der Waals surface area contributed by atoms with E-state index in [1.165, 1.54) is 32.4 Å². The first-order chi connectivity index (χ1) is 8.88. The van der Waals surface area contributed by atoms with Gasteiger partial charge >= 0.3 is 0 Å². The summed E-state index contributed by atoms with van der Waals surface area (Å²) in [6, 6.07) is 2.62. The minimum atomic E-state index is 0.0999. The van der Waals surface area contributed by atoms with E-state index >= 15 is 0 Å². The Balaban J connectivity index is 1.82. The summed E-state index contributed by atoms with van der Waals surface area (Å²) in [7, 11) is 0. The van der Waals surface area contributed by atoms with Gasteiger partial charge in [-0.25, -0.2) is 0 Å². The Labute approximate surface area is 108 Å². The lowest BCUT2D eigenvalue weighted by atomic mass is 10.1. The van der Waals surface area contributed by atoms with Gasteiger partial charge in [-0.1, -0.05) is 0 Å². The molecule has 0 aromatic carbocycles. The molecular weight excluding hydrogens is 226 g/mol. The zero-order valence-electron chi connectivity index (χ0n) is 10.8. The Morgan fingerprint density at radius 2 is 2.17 bits per heavy atom. The van der Waals surface area contributed by atoms with Crippen LogP contribution < -0.4 is 4.90 Å². The molecule has 1 unspecified atom stereocenters. The maximum absolute atomic E-state index is 9.44. The maximum atomic E-state index is 9.44. The van der Waals surface area contributed by atoms with Gasteiger partial charge in [-0.2, -0.15) is 0 Å². The zero-order chi connectivity index (χ0) is 12.4. The summed E-state index contributed by atoms with van der Waals surface area (Å²) < 4.78 is 0. The summed E-state index contributed by atoms with van der Waals surface area (Å²) in [5.74, 6) is 0. The molecule has 0 saturated carbocycles. The number of aliphatic hydroxyl groups excluding tert-OH is 1. The highest BCUT2D eigenvalue weighted by Crippen LogP contribution is 2.26. The smallest absolute Gasteiger partial charge is 0.0703 e. The van der Waals surface area contributed by atoms with Crippen LogP contribution in [0.1, 0.15) is 24.8 Å². The minimum absolute atomic E-state index is 0.0999. The third kappa shape index (κ3) is 2.22. The van der Waals surface area contributed by atoms with Crippen molar-refractivity contribution in [1.82, 2.24) is 9.88 Å². The van der Waals surface area contributed by atoms with Gasteiger partial charge in [0, 0.05) is 37.4 Å². The lowest BCUT2D eigenvalue weighted by Crippen LogP contribution is -2.37. The van der Waals surface area contributed by atoms with Crippen LogP contribution in [0.4, 0.5) is 5.69 Å². The van der Waals surface area contributed by atoms with Crippen molar-refractivity contribution in [2.24, 2.45) is 0 Å². The van der Waals surface area contributed by atoms with Crippen molar-refractivity contribution < 1.29 is 5.11 Å². The first kappa shape index (κ1) is 11.9. The van der Waals surface area contributed by atoms with Crippen LogP contribution in [-0.4, -0.2) is 47.2 Å². The summed E-state index contributed by atoms with van der Waals surface area (Å²) in [5.41, 5.74) is 2.12. The van der Waals surface area contributed by atoms with Crippen molar-refractivity contribution in [1.29, 1.82) is 0 Å². The molecule has 18 heavy (non-hydrogen) atoms. The first-order valence-corrected chi connectivity index (χ1v) is 6.91. The lowest BCUT2D eigenvalue weighted by molar-refractivity contribution is 0.272.